The number of piperazine rings is 1. The van der Waals surface area contributed by atoms with E-state index in [2.05, 4.69) is 27.3 Å². The average molecular weight is 338 g/mol. The van der Waals surface area contributed by atoms with Gasteiger partial charge in [0.25, 0.3) is 5.91 Å². The molecule has 2 amide bonds. The Morgan fingerprint density at radius 1 is 1.00 bits per heavy atom. The van der Waals surface area contributed by atoms with E-state index in [1.807, 2.05) is 23.1 Å². The van der Waals surface area contributed by atoms with Crippen molar-refractivity contribution in [2.75, 3.05) is 32.7 Å². The summed E-state index contributed by atoms with van der Waals surface area (Å²) in [4.78, 5) is 32.3. The highest BCUT2D eigenvalue weighted by Gasteiger charge is 2.21. The molecule has 1 N–H and O–H groups in total. The van der Waals surface area contributed by atoms with Gasteiger partial charge < -0.3 is 10.2 Å². The maximum absolute atomic E-state index is 12.3. The van der Waals surface area contributed by atoms with Crippen LogP contribution >= 0.6 is 0 Å². The van der Waals surface area contributed by atoms with Crippen molar-refractivity contribution < 1.29 is 9.59 Å². The summed E-state index contributed by atoms with van der Waals surface area (Å²) in [7, 11) is 0. The SMILES string of the molecule is O=C(NCC(=O)N1CCN(Cc2ccccc2)CC1)c1cccnc1. The molecule has 0 bridgehead atoms. The molecule has 1 aromatic heterocycles. The Kier molecular flexibility index (Phi) is 5.74. The minimum Gasteiger partial charge on any atom is -0.343 e. The van der Waals surface area contributed by atoms with Gasteiger partial charge in [0.2, 0.25) is 5.91 Å². The fourth-order valence-electron chi connectivity index (χ4n) is 2.86. The fraction of sp³-hybridized carbons (Fsp3) is 0.316. The van der Waals surface area contributed by atoms with Crippen LogP contribution in [0.3, 0.4) is 0 Å². The maximum Gasteiger partial charge on any atom is 0.253 e. The normalized spacial score (nSPS) is 15.0. The van der Waals surface area contributed by atoms with Crippen LogP contribution in [0.15, 0.2) is 54.9 Å². The molecule has 130 valence electrons. The Labute approximate surface area is 147 Å². The average Bonchev–Trinajstić information content (AvgIpc) is 2.68. The van der Waals surface area contributed by atoms with Crippen LogP contribution < -0.4 is 5.32 Å². The van der Waals surface area contributed by atoms with Crippen molar-refractivity contribution in [3.05, 3.63) is 66.0 Å². The number of nitrogens with one attached hydrogen (secondary N) is 1. The van der Waals surface area contributed by atoms with Gasteiger partial charge in [0.05, 0.1) is 12.1 Å². The lowest BCUT2D eigenvalue weighted by molar-refractivity contribution is -0.131. The molecule has 3 rings (SSSR count). The largest absolute Gasteiger partial charge is 0.343 e. The third-order valence-corrected chi connectivity index (χ3v) is 4.30. The number of aromatic nitrogens is 1. The van der Waals surface area contributed by atoms with Gasteiger partial charge >= 0.3 is 0 Å². The second-order valence-electron chi connectivity index (χ2n) is 6.07. The molecule has 6 heteroatoms. The van der Waals surface area contributed by atoms with Crippen molar-refractivity contribution in [2.45, 2.75) is 6.54 Å². The van der Waals surface area contributed by atoms with Crippen LogP contribution in [0.25, 0.3) is 0 Å². The summed E-state index contributed by atoms with van der Waals surface area (Å²) in [6, 6.07) is 13.7. The number of hydrogen-bond acceptors (Lipinski definition) is 4. The fourth-order valence-corrected chi connectivity index (χ4v) is 2.86. The summed E-state index contributed by atoms with van der Waals surface area (Å²) in [5.74, 6) is -0.319. The molecule has 25 heavy (non-hydrogen) atoms. The first-order valence-corrected chi connectivity index (χ1v) is 8.44. The Balaban J connectivity index is 1.42. The first kappa shape index (κ1) is 17.1. The number of nitrogens with zero attached hydrogens (tertiary/aromatic N) is 3. The van der Waals surface area contributed by atoms with Crippen molar-refractivity contribution in [1.82, 2.24) is 20.1 Å². The van der Waals surface area contributed by atoms with E-state index >= 15 is 0 Å². The first-order chi connectivity index (χ1) is 12.2. The van der Waals surface area contributed by atoms with Gasteiger partial charge in [-0.15, -0.1) is 0 Å². The van der Waals surface area contributed by atoms with E-state index in [0.29, 0.717) is 18.7 Å². The van der Waals surface area contributed by atoms with E-state index in [0.717, 1.165) is 19.6 Å². The number of benzene rings is 1. The van der Waals surface area contributed by atoms with Crippen molar-refractivity contribution >= 4 is 11.8 Å². The summed E-state index contributed by atoms with van der Waals surface area (Å²) in [5.41, 5.74) is 1.74. The van der Waals surface area contributed by atoms with E-state index in [1.54, 1.807) is 18.3 Å². The zero-order valence-corrected chi connectivity index (χ0v) is 14.1. The molecule has 1 aliphatic rings. The monoisotopic (exact) mass is 338 g/mol. The van der Waals surface area contributed by atoms with Gasteiger partial charge in [-0.25, -0.2) is 0 Å². The lowest BCUT2D eigenvalue weighted by Crippen LogP contribution is -2.50. The molecule has 0 aliphatic carbocycles. The van der Waals surface area contributed by atoms with Gasteiger partial charge in [-0.1, -0.05) is 30.3 Å². The highest BCUT2D eigenvalue weighted by Crippen LogP contribution is 2.08. The van der Waals surface area contributed by atoms with Crippen molar-refractivity contribution in [3.8, 4) is 0 Å². The van der Waals surface area contributed by atoms with Crippen LogP contribution in [0.2, 0.25) is 0 Å². The molecular weight excluding hydrogens is 316 g/mol. The number of carbonyl (C=O) groups excluding carboxylic acids is 2. The van der Waals surface area contributed by atoms with E-state index in [1.165, 1.54) is 11.8 Å². The third kappa shape index (κ3) is 4.87. The molecule has 1 saturated heterocycles. The number of carbonyl (C=O) groups is 2. The molecule has 0 unspecified atom stereocenters. The van der Waals surface area contributed by atoms with Crippen molar-refractivity contribution in [3.63, 3.8) is 0 Å². The highest BCUT2D eigenvalue weighted by atomic mass is 16.2. The Morgan fingerprint density at radius 3 is 2.44 bits per heavy atom. The van der Waals surface area contributed by atoms with Gasteiger partial charge in [-0.2, -0.15) is 0 Å². The quantitative estimate of drug-likeness (QED) is 0.888. The number of rotatable bonds is 5. The molecule has 0 atom stereocenters. The second kappa shape index (κ2) is 8.39. The predicted molar refractivity (Wildman–Crippen MR) is 94.9 cm³/mol. The zero-order valence-electron chi connectivity index (χ0n) is 14.1. The van der Waals surface area contributed by atoms with Crippen molar-refractivity contribution in [2.24, 2.45) is 0 Å². The van der Waals surface area contributed by atoms with Crippen LogP contribution in [0.5, 0.6) is 0 Å². The van der Waals surface area contributed by atoms with E-state index in [-0.39, 0.29) is 18.4 Å². The molecule has 0 saturated carbocycles. The van der Waals surface area contributed by atoms with E-state index < -0.39 is 0 Å². The molecule has 1 fully saturated rings. The van der Waals surface area contributed by atoms with Gasteiger partial charge in [-0.3, -0.25) is 19.5 Å². The molecule has 1 aromatic carbocycles. The van der Waals surface area contributed by atoms with Gasteiger partial charge in [0, 0.05) is 45.1 Å². The summed E-state index contributed by atoms with van der Waals surface area (Å²) in [6.07, 6.45) is 3.10. The number of amides is 2. The van der Waals surface area contributed by atoms with Crippen molar-refractivity contribution in [1.29, 1.82) is 0 Å². The number of hydrogen-bond donors (Lipinski definition) is 1. The topological polar surface area (TPSA) is 65.5 Å². The summed E-state index contributed by atoms with van der Waals surface area (Å²) in [5, 5.41) is 2.66. The molecule has 6 nitrogen and oxygen atoms in total. The second-order valence-corrected chi connectivity index (χ2v) is 6.07. The first-order valence-electron chi connectivity index (χ1n) is 8.44. The lowest BCUT2D eigenvalue weighted by Gasteiger charge is -2.34. The molecular formula is C19H22N4O2. The summed E-state index contributed by atoms with van der Waals surface area (Å²) in [6.45, 7) is 3.99. The zero-order chi connectivity index (χ0) is 17.5. The molecule has 1 aliphatic heterocycles. The van der Waals surface area contributed by atoms with Crippen LogP contribution in [0.1, 0.15) is 15.9 Å². The predicted octanol–water partition coefficient (Wildman–Crippen LogP) is 1.16. The Bertz CT molecular complexity index is 698. The molecule has 2 heterocycles. The number of pyridine rings is 1. The minimum absolute atomic E-state index is 0.0203. The third-order valence-electron chi connectivity index (χ3n) is 4.30. The summed E-state index contributed by atoms with van der Waals surface area (Å²) < 4.78 is 0. The molecule has 0 spiro atoms. The lowest BCUT2D eigenvalue weighted by atomic mass is 10.2. The molecule has 0 radical (unpaired) electrons. The van der Waals surface area contributed by atoms with Gasteiger partial charge in [0.15, 0.2) is 0 Å². The maximum atomic E-state index is 12.3. The van der Waals surface area contributed by atoms with Crippen LogP contribution in [0.4, 0.5) is 0 Å². The van der Waals surface area contributed by atoms with Crippen LogP contribution in [-0.4, -0.2) is 59.3 Å². The van der Waals surface area contributed by atoms with E-state index in [4.69, 9.17) is 0 Å². The molecule has 2 aromatic rings. The standard InChI is InChI=1S/C19H22N4O2/c24-18(14-21-19(25)17-7-4-8-20-13-17)23-11-9-22(10-12-23)15-16-5-2-1-3-6-16/h1-8,13H,9-12,14-15H2,(H,21,25). The highest BCUT2D eigenvalue weighted by molar-refractivity contribution is 5.96. The minimum atomic E-state index is -0.274. The van der Waals surface area contributed by atoms with Gasteiger partial charge in [0.1, 0.15) is 0 Å². The van der Waals surface area contributed by atoms with E-state index in [9.17, 15) is 9.59 Å². The Hall–Kier alpha value is -2.73. The smallest absolute Gasteiger partial charge is 0.253 e. The summed E-state index contributed by atoms with van der Waals surface area (Å²) >= 11 is 0. The van der Waals surface area contributed by atoms with Gasteiger partial charge in [-0.05, 0) is 17.7 Å². The van der Waals surface area contributed by atoms with Crippen LogP contribution in [0, 0.1) is 0 Å². The Morgan fingerprint density at radius 2 is 1.76 bits per heavy atom. The van der Waals surface area contributed by atoms with Crippen LogP contribution in [-0.2, 0) is 11.3 Å².